The zero-order chi connectivity index (χ0) is 14.9. The molecule has 3 rings (SSSR count). The summed E-state index contributed by atoms with van der Waals surface area (Å²) in [5, 5.41) is 3.33. The number of piperidine rings is 1. The Kier molecular flexibility index (Phi) is 4.08. The maximum absolute atomic E-state index is 12.5. The van der Waals surface area contributed by atoms with Gasteiger partial charge < -0.3 is 5.32 Å². The van der Waals surface area contributed by atoms with Gasteiger partial charge in [0.2, 0.25) is 0 Å². The van der Waals surface area contributed by atoms with Crippen LogP contribution in [0.3, 0.4) is 0 Å². The average Bonchev–Trinajstić information content (AvgIpc) is 2.48. The Hall–Kier alpha value is -1.27. The number of anilines is 2. The van der Waals surface area contributed by atoms with Crippen molar-refractivity contribution in [3.8, 4) is 0 Å². The van der Waals surface area contributed by atoms with Gasteiger partial charge in [0.1, 0.15) is 0 Å². The lowest BCUT2D eigenvalue weighted by molar-refractivity contribution is 0.289. The van der Waals surface area contributed by atoms with Gasteiger partial charge in [-0.2, -0.15) is 12.7 Å². The summed E-state index contributed by atoms with van der Waals surface area (Å²) in [6.45, 7) is 4.36. The molecule has 1 saturated heterocycles. The van der Waals surface area contributed by atoms with Gasteiger partial charge in [-0.3, -0.25) is 4.72 Å². The van der Waals surface area contributed by atoms with E-state index in [9.17, 15) is 8.42 Å². The minimum atomic E-state index is -3.44. The van der Waals surface area contributed by atoms with Gasteiger partial charge in [-0.15, -0.1) is 0 Å². The minimum absolute atomic E-state index is 0.615. The van der Waals surface area contributed by atoms with Gasteiger partial charge in [-0.25, -0.2) is 0 Å². The SMILES string of the molecule is CC1CCN(S(=O)(=O)Nc2cccc3c2CCCN3)CC1. The van der Waals surface area contributed by atoms with Crippen LogP contribution in [0, 0.1) is 5.92 Å². The maximum Gasteiger partial charge on any atom is 0.301 e. The fourth-order valence-corrected chi connectivity index (χ4v) is 4.32. The molecule has 0 saturated carbocycles. The van der Waals surface area contributed by atoms with Gasteiger partial charge in [-0.1, -0.05) is 13.0 Å². The van der Waals surface area contributed by atoms with E-state index < -0.39 is 10.2 Å². The van der Waals surface area contributed by atoms with Crippen molar-refractivity contribution >= 4 is 21.6 Å². The van der Waals surface area contributed by atoms with Gasteiger partial charge >= 0.3 is 10.2 Å². The molecule has 0 aromatic heterocycles. The summed E-state index contributed by atoms with van der Waals surface area (Å²) in [5.74, 6) is 0.616. The first kappa shape index (κ1) is 14.7. The van der Waals surface area contributed by atoms with Crippen LogP contribution in [-0.2, 0) is 16.6 Å². The smallest absolute Gasteiger partial charge is 0.301 e. The van der Waals surface area contributed by atoms with Crippen LogP contribution in [0.25, 0.3) is 0 Å². The summed E-state index contributed by atoms with van der Waals surface area (Å²) in [6.07, 6.45) is 3.83. The third-order valence-electron chi connectivity index (χ3n) is 4.42. The molecule has 0 bridgehead atoms. The molecule has 116 valence electrons. The Morgan fingerprint density at radius 2 is 2.05 bits per heavy atom. The number of benzene rings is 1. The van der Waals surface area contributed by atoms with Crippen LogP contribution in [0.15, 0.2) is 18.2 Å². The third-order valence-corrected chi connectivity index (χ3v) is 5.94. The van der Waals surface area contributed by atoms with Crippen molar-refractivity contribution in [2.24, 2.45) is 5.92 Å². The molecule has 0 atom stereocenters. The van der Waals surface area contributed by atoms with E-state index in [-0.39, 0.29) is 0 Å². The predicted octanol–water partition coefficient (Wildman–Crippen LogP) is 2.43. The lowest BCUT2D eigenvalue weighted by atomic mass is 10.0. The second-order valence-corrected chi connectivity index (χ2v) is 7.72. The van der Waals surface area contributed by atoms with E-state index in [1.165, 1.54) is 0 Å². The molecule has 2 N–H and O–H groups in total. The topological polar surface area (TPSA) is 61.4 Å². The predicted molar refractivity (Wildman–Crippen MR) is 85.8 cm³/mol. The van der Waals surface area contributed by atoms with E-state index in [1.54, 1.807) is 4.31 Å². The molecule has 0 aliphatic carbocycles. The number of hydrogen-bond acceptors (Lipinski definition) is 3. The monoisotopic (exact) mass is 309 g/mol. The van der Waals surface area contributed by atoms with Crippen molar-refractivity contribution in [1.82, 2.24) is 4.31 Å². The van der Waals surface area contributed by atoms with E-state index in [0.29, 0.717) is 19.0 Å². The largest absolute Gasteiger partial charge is 0.385 e. The van der Waals surface area contributed by atoms with Crippen LogP contribution >= 0.6 is 0 Å². The first-order chi connectivity index (χ1) is 10.1. The fourth-order valence-electron chi connectivity index (χ4n) is 3.03. The molecule has 0 unspecified atom stereocenters. The maximum atomic E-state index is 12.5. The van der Waals surface area contributed by atoms with Crippen molar-refractivity contribution < 1.29 is 8.42 Å². The third kappa shape index (κ3) is 3.16. The average molecular weight is 309 g/mol. The van der Waals surface area contributed by atoms with E-state index in [4.69, 9.17) is 0 Å². The summed E-state index contributed by atoms with van der Waals surface area (Å²) in [4.78, 5) is 0. The van der Waals surface area contributed by atoms with Gasteiger partial charge in [0.05, 0.1) is 5.69 Å². The van der Waals surface area contributed by atoms with Crippen LogP contribution in [0.4, 0.5) is 11.4 Å². The van der Waals surface area contributed by atoms with Crippen LogP contribution in [-0.4, -0.2) is 32.4 Å². The molecule has 1 fully saturated rings. The van der Waals surface area contributed by atoms with Crippen molar-refractivity contribution in [1.29, 1.82) is 0 Å². The molecular weight excluding hydrogens is 286 g/mol. The summed E-state index contributed by atoms with van der Waals surface area (Å²) in [6, 6.07) is 5.76. The minimum Gasteiger partial charge on any atom is -0.385 e. The van der Waals surface area contributed by atoms with Crippen molar-refractivity contribution in [2.45, 2.75) is 32.6 Å². The standard InChI is InChI=1S/C15H23N3O2S/c1-12-7-10-18(11-8-12)21(19,20)17-15-6-2-5-14-13(15)4-3-9-16-14/h2,5-6,12,16-17H,3-4,7-11H2,1H3. The zero-order valence-corrected chi connectivity index (χ0v) is 13.2. The van der Waals surface area contributed by atoms with E-state index in [1.807, 2.05) is 18.2 Å². The van der Waals surface area contributed by atoms with Crippen molar-refractivity contribution in [2.75, 3.05) is 29.7 Å². The van der Waals surface area contributed by atoms with Gasteiger partial charge in [-0.05, 0) is 49.3 Å². The van der Waals surface area contributed by atoms with Gasteiger partial charge in [0.25, 0.3) is 0 Å². The Bertz CT molecular complexity index is 607. The highest BCUT2D eigenvalue weighted by Crippen LogP contribution is 2.30. The first-order valence-electron chi connectivity index (χ1n) is 7.70. The van der Waals surface area contributed by atoms with Crippen molar-refractivity contribution in [3.05, 3.63) is 23.8 Å². The lowest BCUT2D eigenvalue weighted by Crippen LogP contribution is -2.41. The quantitative estimate of drug-likeness (QED) is 0.901. The molecule has 0 spiro atoms. The second kappa shape index (κ2) is 5.85. The zero-order valence-electron chi connectivity index (χ0n) is 12.4. The Labute approximate surface area is 126 Å². The Balaban J connectivity index is 1.79. The molecule has 2 aliphatic rings. The summed E-state index contributed by atoms with van der Waals surface area (Å²) >= 11 is 0. The fraction of sp³-hybridized carbons (Fsp3) is 0.600. The Morgan fingerprint density at radius 3 is 2.81 bits per heavy atom. The molecule has 2 aliphatic heterocycles. The molecule has 5 nitrogen and oxygen atoms in total. The van der Waals surface area contributed by atoms with Gasteiger partial charge in [0, 0.05) is 25.3 Å². The van der Waals surface area contributed by atoms with E-state index >= 15 is 0 Å². The highest BCUT2D eigenvalue weighted by atomic mass is 32.2. The molecule has 21 heavy (non-hydrogen) atoms. The first-order valence-corrected chi connectivity index (χ1v) is 9.14. The lowest BCUT2D eigenvalue weighted by Gasteiger charge is -2.30. The molecular formula is C15H23N3O2S. The molecule has 2 heterocycles. The van der Waals surface area contributed by atoms with Crippen LogP contribution in [0.1, 0.15) is 31.7 Å². The highest BCUT2D eigenvalue weighted by Gasteiger charge is 2.27. The number of fused-ring (bicyclic) bond motifs is 1. The van der Waals surface area contributed by atoms with Crippen LogP contribution in [0.5, 0.6) is 0 Å². The molecule has 0 amide bonds. The number of nitrogens with one attached hydrogen (secondary N) is 2. The molecule has 1 aromatic rings. The highest BCUT2D eigenvalue weighted by molar-refractivity contribution is 7.90. The van der Waals surface area contributed by atoms with E-state index in [2.05, 4.69) is 17.0 Å². The number of hydrogen-bond donors (Lipinski definition) is 2. The Morgan fingerprint density at radius 1 is 1.29 bits per heavy atom. The van der Waals surface area contributed by atoms with Crippen LogP contribution < -0.4 is 10.0 Å². The van der Waals surface area contributed by atoms with Crippen LogP contribution in [0.2, 0.25) is 0 Å². The second-order valence-electron chi connectivity index (χ2n) is 6.05. The molecule has 0 radical (unpaired) electrons. The van der Waals surface area contributed by atoms with E-state index in [0.717, 1.165) is 49.2 Å². The summed E-state index contributed by atoms with van der Waals surface area (Å²) in [5.41, 5.74) is 2.85. The summed E-state index contributed by atoms with van der Waals surface area (Å²) in [7, 11) is -3.44. The summed E-state index contributed by atoms with van der Waals surface area (Å²) < 4.78 is 29.4. The normalized spacial score (nSPS) is 20.6. The number of nitrogens with zero attached hydrogens (tertiary/aromatic N) is 1. The van der Waals surface area contributed by atoms with Crippen molar-refractivity contribution in [3.63, 3.8) is 0 Å². The van der Waals surface area contributed by atoms with Gasteiger partial charge in [0.15, 0.2) is 0 Å². The number of rotatable bonds is 3. The molecule has 6 heteroatoms. The molecule has 1 aromatic carbocycles.